The van der Waals surface area contributed by atoms with Crippen LogP contribution in [0.4, 0.5) is 10.1 Å². The van der Waals surface area contributed by atoms with Crippen LogP contribution >= 0.6 is 23.2 Å². The fraction of sp³-hybridized carbons (Fsp3) is 0.310. The maximum Gasteiger partial charge on any atom is 0.264 e. The third kappa shape index (κ3) is 7.96. The number of benzene rings is 3. The summed E-state index contributed by atoms with van der Waals surface area (Å²) in [7, 11) is -4.24. The van der Waals surface area contributed by atoms with Crippen LogP contribution in [0.25, 0.3) is 0 Å². The molecule has 1 unspecified atom stereocenters. The smallest absolute Gasteiger partial charge is 0.264 e. The molecule has 0 saturated heterocycles. The van der Waals surface area contributed by atoms with Crippen LogP contribution in [0.2, 0.25) is 10.0 Å². The van der Waals surface area contributed by atoms with Gasteiger partial charge in [0.15, 0.2) is 0 Å². The summed E-state index contributed by atoms with van der Waals surface area (Å²) in [5, 5.41) is 3.43. The van der Waals surface area contributed by atoms with Gasteiger partial charge in [-0.15, -0.1) is 0 Å². The standard InChI is InChI=1S/C29H32Cl2FN3O4S/c1-19(2)16-33-29(37)21(4)34(17-22-7-14-26(30)27(31)15-22)28(36)18-35(24-10-8-23(32)9-11-24)40(38,39)25-12-5-20(3)6-13-25/h5-15,19,21H,16-18H2,1-4H3,(H,33,37). The largest absolute Gasteiger partial charge is 0.354 e. The summed E-state index contributed by atoms with van der Waals surface area (Å²) in [5.41, 5.74) is 1.56. The third-order valence-electron chi connectivity index (χ3n) is 6.19. The van der Waals surface area contributed by atoms with Gasteiger partial charge in [-0.1, -0.05) is 60.8 Å². The second-order valence-electron chi connectivity index (χ2n) is 9.89. The summed E-state index contributed by atoms with van der Waals surface area (Å²) in [6, 6.07) is 14.9. The van der Waals surface area contributed by atoms with Crippen molar-refractivity contribution in [3.8, 4) is 0 Å². The van der Waals surface area contributed by atoms with Gasteiger partial charge in [0.05, 0.1) is 20.6 Å². The average Bonchev–Trinajstić information content (AvgIpc) is 2.91. The fourth-order valence-electron chi connectivity index (χ4n) is 3.84. The first-order chi connectivity index (χ1) is 18.8. The Balaban J connectivity index is 2.02. The van der Waals surface area contributed by atoms with E-state index in [-0.39, 0.29) is 28.1 Å². The van der Waals surface area contributed by atoms with Gasteiger partial charge in [0, 0.05) is 13.1 Å². The quantitative estimate of drug-likeness (QED) is 0.297. The number of rotatable bonds is 11. The molecular weight excluding hydrogens is 576 g/mol. The van der Waals surface area contributed by atoms with Gasteiger partial charge in [-0.3, -0.25) is 13.9 Å². The molecule has 0 aliphatic carbocycles. The van der Waals surface area contributed by atoms with Crippen molar-refractivity contribution in [1.82, 2.24) is 10.2 Å². The Kier molecular flexibility index (Phi) is 10.6. The summed E-state index contributed by atoms with van der Waals surface area (Å²) >= 11 is 12.2. The second-order valence-corrected chi connectivity index (χ2v) is 12.6. The zero-order valence-electron chi connectivity index (χ0n) is 22.7. The van der Waals surface area contributed by atoms with Crippen molar-refractivity contribution in [2.75, 3.05) is 17.4 Å². The minimum atomic E-state index is -4.24. The van der Waals surface area contributed by atoms with Gasteiger partial charge in [0.25, 0.3) is 10.0 Å². The van der Waals surface area contributed by atoms with Gasteiger partial charge < -0.3 is 10.2 Å². The molecule has 0 saturated carbocycles. The monoisotopic (exact) mass is 607 g/mol. The first-order valence-electron chi connectivity index (χ1n) is 12.7. The number of halogens is 3. The highest BCUT2D eigenvalue weighted by Gasteiger charge is 2.32. The number of anilines is 1. The molecule has 40 heavy (non-hydrogen) atoms. The molecule has 3 rings (SSSR count). The van der Waals surface area contributed by atoms with Crippen molar-refractivity contribution in [1.29, 1.82) is 0 Å². The van der Waals surface area contributed by atoms with Crippen molar-refractivity contribution >= 4 is 50.7 Å². The number of carbonyl (C=O) groups excluding carboxylic acids is 2. The molecule has 3 aromatic rings. The summed E-state index contributed by atoms with van der Waals surface area (Å²) in [6.07, 6.45) is 0. The molecule has 2 amide bonds. The molecule has 7 nitrogen and oxygen atoms in total. The Morgan fingerprint density at radius 2 is 1.55 bits per heavy atom. The molecule has 3 aromatic carbocycles. The van der Waals surface area contributed by atoms with Crippen LogP contribution in [0.1, 0.15) is 31.9 Å². The van der Waals surface area contributed by atoms with E-state index in [0.717, 1.165) is 22.0 Å². The third-order valence-corrected chi connectivity index (χ3v) is 8.72. The van der Waals surface area contributed by atoms with Crippen LogP contribution in [-0.2, 0) is 26.2 Å². The number of hydrogen-bond acceptors (Lipinski definition) is 4. The van der Waals surface area contributed by atoms with E-state index in [0.29, 0.717) is 17.1 Å². The maximum atomic E-state index is 13.9. The zero-order chi connectivity index (χ0) is 29.6. The molecule has 1 N–H and O–H groups in total. The predicted octanol–water partition coefficient (Wildman–Crippen LogP) is 5.83. The Morgan fingerprint density at radius 3 is 2.12 bits per heavy atom. The maximum absolute atomic E-state index is 13.9. The highest BCUT2D eigenvalue weighted by molar-refractivity contribution is 7.92. The summed E-state index contributed by atoms with van der Waals surface area (Å²) in [6.45, 7) is 7.02. The minimum absolute atomic E-state index is 0.0333. The Labute approximate surface area is 244 Å². The zero-order valence-corrected chi connectivity index (χ0v) is 25.0. The van der Waals surface area contributed by atoms with Gasteiger partial charge in [0.2, 0.25) is 11.8 Å². The van der Waals surface area contributed by atoms with E-state index < -0.39 is 40.2 Å². The first kappa shape index (κ1) is 31.4. The number of nitrogens with one attached hydrogen (secondary N) is 1. The van der Waals surface area contributed by atoms with E-state index >= 15 is 0 Å². The van der Waals surface area contributed by atoms with Gasteiger partial charge in [-0.05, 0) is 73.9 Å². The number of amides is 2. The van der Waals surface area contributed by atoms with Crippen LogP contribution in [0.5, 0.6) is 0 Å². The molecule has 11 heteroatoms. The van der Waals surface area contributed by atoms with Crippen LogP contribution < -0.4 is 9.62 Å². The van der Waals surface area contributed by atoms with E-state index in [1.54, 1.807) is 37.3 Å². The molecule has 0 aliphatic heterocycles. The van der Waals surface area contributed by atoms with Crippen molar-refractivity contribution in [3.05, 3.63) is 93.7 Å². The molecule has 0 radical (unpaired) electrons. The van der Waals surface area contributed by atoms with E-state index in [4.69, 9.17) is 23.2 Å². The van der Waals surface area contributed by atoms with Crippen LogP contribution in [0.15, 0.2) is 71.6 Å². The summed E-state index contributed by atoms with van der Waals surface area (Å²) in [4.78, 5) is 28.2. The second kappa shape index (κ2) is 13.5. The molecule has 0 aliphatic rings. The number of carbonyl (C=O) groups is 2. The van der Waals surface area contributed by atoms with E-state index in [1.807, 2.05) is 20.8 Å². The lowest BCUT2D eigenvalue weighted by Crippen LogP contribution is -2.51. The van der Waals surface area contributed by atoms with Crippen LogP contribution in [0.3, 0.4) is 0 Å². The minimum Gasteiger partial charge on any atom is -0.354 e. The number of hydrogen-bond donors (Lipinski definition) is 1. The fourth-order valence-corrected chi connectivity index (χ4v) is 5.58. The van der Waals surface area contributed by atoms with Crippen molar-refractivity contribution in [2.45, 2.75) is 45.2 Å². The van der Waals surface area contributed by atoms with Crippen molar-refractivity contribution in [3.63, 3.8) is 0 Å². The van der Waals surface area contributed by atoms with E-state index in [1.165, 1.54) is 29.2 Å². The Hall–Kier alpha value is -3.14. The van der Waals surface area contributed by atoms with Crippen LogP contribution in [-0.4, -0.2) is 44.3 Å². The summed E-state index contributed by atoms with van der Waals surface area (Å²) < 4.78 is 42.2. The molecule has 0 fully saturated rings. The predicted molar refractivity (Wildman–Crippen MR) is 156 cm³/mol. The highest BCUT2D eigenvalue weighted by Crippen LogP contribution is 2.26. The SMILES string of the molecule is Cc1ccc(S(=O)(=O)N(CC(=O)N(Cc2ccc(Cl)c(Cl)c2)C(C)C(=O)NCC(C)C)c2ccc(F)cc2)cc1. The highest BCUT2D eigenvalue weighted by atomic mass is 35.5. The van der Waals surface area contributed by atoms with Gasteiger partial charge in [0.1, 0.15) is 18.4 Å². The lowest BCUT2D eigenvalue weighted by molar-refractivity contribution is -0.139. The molecule has 214 valence electrons. The molecule has 1 atom stereocenters. The average molecular weight is 609 g/mol. The molecular formula is C29H32Cl2FN3O4S. The van der Waals surface area contributed by atoms with Gasteiger partial charge in [-0.25, -0.2) is 12.8 Å². The van der Waals surface area contributed by atoms with E-state index in [2.05, 4.69) is 5.32 Å². The lowest BCUT2D eigenvalue weighted by Gasteiger charge is -2.32. The Morgan fingerprint density at radius 1 is 0.925 bits per heavy atom. The normalized spacial score (nSPS) is 12.2. The lowest BCUT2D eigenvalue weighted by atomic mass is 10.1. The van der Waals surface area contributed by atoms with Crippen LogP contribution in [0, 0.1) is 18.7 Å². The number of aryl methyl sites for hydroxylation is 1. The number of nitrogens with zero attached hydrogens (tertiary/aromatic N) is 2. The van der Waals surface area contributed by atoms with Crippen molar-refractivity contribution < 1.29 is 22.4 Å². The van der Waals surface area contributed by atoms with E-state index in [9.17, 15) is 22.4 Å². The molecule has 0 spiro atoms. The Bertz CT molecular complexity index is 1450. The molecule has 0 bridgehead atoms. The molecule has 0 heterocycles. The molecule has 0 aromatic heterocycles. The van der Waals surface area contributed by atoms with Gasteiger partial charge in [-0.2, -0.15) is 0 Å². The topological polar surface area (TPSA) is 86.8 Å². The first-order valence-corrected chi connectivity index (χ1v) is 14.8. The van der Waals surface area contributed by atoms with Gasteiger partial charge >= 0.3 is 0 Å². The van der Waals surface area contributed by atoms with Crippen molar-refractivity contribution in [2.24, 2.45) is 5.92 Å². The summed E-state index contributed by atoms with van der Waals surface area (Å²) in [5.74, 6) is -1.40. The number of sulfonamides is 1.